The molecule has 0 bridgehead atoms. The quantitative estimate of drug-likeness (QED) is 0.736. The second kappa shape index (κ2) is 4.33. The summed E-state index contributed by atoms with van der Waals surface area (Å²) in [4.78, 5) is 15.0. The summed E-state index contributed by atoms with van der Waals surface area (Å²) in [6, 6.07) is 4.56. The van der Waals surface area contributed by atoms with Gasteiger partial charge >= 0.3 is 0 Å². The number of pyridine rings is 1. The minimum atomic E-state index is -0.260. The van der Waals surface area contributed by atoms with E-state index in [0.717, 1.165) is 62.1 Å². The van der Waals surface area contributed by atoms with Crippen molar-refractivity contribution in [3.8, 4) is 0 Å². The van der Waals surface area contributed by atoms with Gasteiger partial charge in [0.2, 0.25) is 0 Å². The van der Waals surface area contributed by atoms with Gasteiger partial charge in [-0.25, -0.2) is 4.39 Å². The molecular weight excluding hydrogens is 255 g/mol. The smallest absolute Gasteiger partial charge is 0.260 e. The third-order valence-corrected chi connectivity index (χ3v) is 4.52. The lowest BCUT2D eigenvalue weighted by atomic mass is 10.0. The van der Waals surface area contributed by atoms with Gasteiger partial charge in [-0.15, -0.1) is 0 Å². The minimum Gasteiger partial charge on any atom is -0.358 e. The summed E-state index contributed by atoms with van der Waals surface area (Å²) in [6.45, 7) is 2.80. The van der Waals surface area contributed by atoms with Gasteiger partial charge in [0.25, 0.3) is 5.56 Å². The van der Waals surface area contributed by atoms with Crippen molar-refractivity contribution in [1.82, 2.24) is 4.57 Å². The van der Waals surface area contributed by atoms with Crippen molar-refractivity contribution >= 4 is 16.6 Å². The number of aryl methyl sites for hydroxylation is 1. The fraction of sp³-hybridized carbons (Fsp3) is 0.438. The topological polar surface area (TPSA) is 25.2 Å². The van der Waals surface area contributed by atoms with Crippen LogP contribution in [0, 0.1) is 5.82 Å². The van der Waals surface area contributed by atoms with Crippen LogP contribution in [0.3, 0.4) is 0 Å². The third-order valence-electron chi connectivity index (χ3n) is 4.52. The Morgan fingerprint density at radius 1 is 1.00 bits per heavy atom. The lowest BCUT2D eigenvalue weighted by molar-refractivity contribution is 0.546. The number of hydrogen-bond donors (Lipinski definition) is 0. The maximum Gasteiger partial charge on any atom is 0.260 e. The highest BCUT2D eigenvalue weighted by Crippen LogP contribution is 2.33. The molecule has 0 unspecified atom stereocenters. The molecule has 0 radical (unpaired) electrons. The second-order valence-electron chi connectivity index (χ2n) is 5.75. The van der Waals surface area contributed by atoms with Crippen LogP contribution in [0.25, 0.3) is 10.8 Å². The van der Waals surface area contributed by atoms with Gasteiger partial charge in [0.15, 0.2) is 0 Å². The minimum absolute atomic E-state index is 0.0327. The predicted octanol–water partition coefficient (Wildman–Crippen LogP) is 2.69. The van der Waals surface area contributed by atoms with Gasteiger partial charge < -0.3 is 4.90 Å². The summed E-state index contributed by atoms with van der Waals surface area (Å²) < 4.78 is 15.5. The Balaban J connectivity index is 2.15. The van der Waals surface area contributed by atoms with Crippen LogP contribution in [0.2, 0.25) is 0 Å². The Bertz CT molecular complexity index is 750. The van der Waals surface area contributed by atoms with Crippen LogP contribution in [-0.2, 0) is 13.0 Å². The van der Waals surface area contributed by atoms with E-state index in [0.29, 0.717) is 5.39 Å². The van der Waals surface area contributed by atoms with Crippen molar-refractivity contribution < 1.29 is 4.39 Å². The first kappa shape index (κ1) is 11.9. The molecule has 4 heteroatoms. The van der Waals surface area contributed by atoms with Crippen molar-refractivity contribution in [2.75, 3.05) is 18.0 Å². The Labute approximate surface area is 116 Å². The van der Waals surface area contributed by atoms with E-state index in [2.05, 4.69) is 4.90 Å². The van der Waals surface area contributed by atoms with Gasteiger partial charge in [0.1, 0.15) is 11.6 Å². The molecule has 0 N–H and O–H groups in total. The number of rotatable bonds is 0. The van der Waals surface area contributed by atoms with E-state index in [1.807, 2.05) is 4.57 Å². The molecule has 0 saturated carbocycles. The monoisotopic (exact) mass is 272 g/mol. The van der Waals surface area contributed by atoms with Gasteiger partial charge in [0.05, 0.1) is 0 Å². The molecule has 1 aromatic heterocycles. The summed E-state index contributed by atoms with van der Waals surface area (Å²) in [6.07, 6.45) is 4.19. The van der Waals surface area contributed by atoms with E-state index in [1.165, 1.54) is 12.1 Å². The fourth-order valence-electron chi connectivity index (χ4n) is 3.64. The van der Waals surface area contributed by atoms with E-state index in [9.17, 15) is 9.18 Å². The van der Waals surface area contributed by atoms with Gasteiger partial charge in [-0.2, -0.15) is 0 Å². The summed E-state index contributed by atoms with van der Waals surface area (Å²) in [5, 5.41) is 1.48. The van der Waals surface area contributed by atoms with E-state index in [1.54, 1.807) is 6.07 Å². The van der Waals surface area contributed by atoms with Crippen LogP contribution in [0.5, 0.6) is 0 Å². The number of hydrogen-bond acceptors (Lipinski definition) is 2. The number of benzene rings is 1. The first-order valence-corrected chi connectivity index (χ1v) is 7.35. The Hall–Kier alpha value is -1.84. The molecule has 0 fully saturated rings. The van der Waals surface area contributed by atoms with Crippen molar-refractivity contribution in [3.05, 3.63) is 39.9 Å². The number of aromatic nitrogens is 1. The van der Waals surface area contributed by atoms with Crippen LogP contribution in [0.15, 0.2) is 23.0 Å². The summed E-state index contributed by atoms with van der Waals surface area (Å²) in [5.74, 6) is 0.793. The van der Waals surface area contributed by atoms with E-state index >= 15 is 0 Å². The van der Waals surface area contributed by atoms with Crippen molar-refractivity contribution in [2.45, 2.75) is 32.2 Å². The maximum absolute atomic E-state index is 13.6. The summed E-state index contributed by atoms with van der Waals surface area (Å²) in [5.41, 5.74) is 1.20. The molecule has 3 nitrogen and oxygen atoms in total. The molecule has 0 atom stereocenters. The fourth-order valence-corrected chi connectivity index (χ4v) is 3.64. The van der Waals surface area contributed by atoms with Gasteiger partial charge in [-0.3, -0.25) is 9.36 Å². The zero-order chi connectivity index (χ0) is 13.7. The van der Waals surface area contributed by atoms with E-state index in [-0.39, 0.29) is 11.4 Å². The predicted molar refractivity (Wildman–Crippen MR) is 77.9 cm³/mol. The zero-order valence-corrected chi connectivity index (χ0v) is 11.4. The molecule has 0 saturated heterocycles. The van der Waals surface area contributed by atoms with Gasteiger partial charge in [-0.05, 0) is 49.3 Å². The Morgan fingerprint density at radius 2 is 1.85 bits per heavy atom. The van der Waals surface area contributed by atoms with Crippen molar-refractivity contribution in [1.29, 1.82) is 0 Å². The maximum atomic E-state index is 13.6. The SMILES string of the molecule is O=c1c2ccc(F)cc2c2c3n1CCCN3CCCC2. The first-order valence-electron chi connectivity index (χ1n) is 7.35. The molecule has 104 valence electrons. The van der Waals surface area contributed by atoms with Crippen LogP contribution in [-0.4, -0.2) is 17.7 Å². The molecule has 2 aliphatic heterocycles. The molecule has 2 aliphatic rings. The standard InChI is InChI=1S/C16H17FN2O/c17-11-5-6-13-14(10-11)12-4-1-2-7-18-8-3-9-19(15(12)18)16(13)20/h5-6,10H,1-4,7-9H2. The summed E-state index contributed by atoms with van der Waals surface area (Å²) in [7, 11) is 0. The molecule has 0 spiro atoms. The lowest BCUT2D eigenvalue weighted by Crippen LogP contribution is -2.38. The highest BCUT2D eigenvalue weighted by molar-refractivity contribution is 5.89. The first-order chi connectivity index (χ1) is 9.75. The largest absolute Gasteiger partial charge is 0.358 e. The molecule has 20 heavy (non-hydrogen) atoms. The number of nitrogens with zero attached hydrogens (tertiary/aromatic N) is 2. The molecule has 3 heterocycles. The zero-order valence-electron chi connectivity index (χ0n) is 11.4. The molecule has 0 aliphatic carbocycles. The average molecular weight is 272 g/mol. The van der Waals surface area contributed by atoms with Crippen LogP contribution >= 0.6 is 0 Å². The van der Waals surface area contributed by atoms with E-state index < -0.39 is 0 Å². The van der Waals surface area contributed by atoms with Gasteiger partial charge in [-0.1, -0.05) is 0 Å². The highest BCUT2D eigenvalue weighted by Gasteiger charge is 2.26. The Morgan fingerprint density at radius 3 is 2.75 bits per heavy atom. The normalized spacial score (nSPS) is 17.9. The van der Waals surface area contributed by atoms with Crippen molar-refractivity contribution in [2.24, 2.45) is 0 Å². The second-order valence-corrected chi connectivity index (χ2v) is 5.75. The van der Waals surface area contributed by atoms with Crippen LogP contribution in [0.1, 0.15) is 24.8 Å². The molecule has 0 amide bonds. The summed E-state index contributed by atoms with van der Waals surface area (Å²) >= 11 is 0. The average Bonchev–Trinajstić information content (AvgIpc) is 2.68. The molecular formula is C16H17FN2O. The molecule has 2 aromatic rings. The third kappa shape index (κ3) is 1.60. The highest BCUT2D eigenvalue weighted by atomic mass is 19.1. The number of halogens is 1. The molecule has 1 aromatic carbocycles. The number of anilines is 1. The van der Waals surface area contributed by atoms with Gasteiger partial charge in [0, 0.05) is 30.6 Å². The number of fused-ring (bicyclic) bond motifs is 2. The lowest BCUT2D eigenvalue weighted by Gasteiger charge is -2.33. The van der Waals surface area contributed by atoms with Crippen LogP contribution in [0.4, 0.5) is 10.2 Å². The molecule has 4 rings (SSSR count). The van der Waals surface area contributed by atoms with Crippen molar-refractivity contribution in [3.63, 3.8) is 0 Å². The Kier molecular flexibility index (Phi) is 2.59. The van der Waals surface area contributed by atoms with E-state index in [4.69, 9.17) is 0 Å². The van der Waals surface area contributed by atoms with Crippen LogP contribution < -0.4 is 10.5 Å².